The van der Waals surface area contributed by atoms with Gasteiger partial charge in [0.25, 0.3) is 0 Å². The molecule has 0 fully saturated rings. The van der Waals surface area contributed by atoms with Gasteiger partial charge in [-0.2, -0.15) is 0 Å². The Kier molecular flexibility index (Phi) is 3.66. The van der Waals surface area contributed by atoms with Crippen molar-refractivity contribution >= 4 is 44.1 Å². The van der Waals surface area contributed by atoms with E-state index in [4.69, 9.17) is 5.73 Å². The minimum Gasteiger partial charge on any atom is -0.399 e. The maximum atomic E-state index is 12.1. The van der Waals surface area contributed by atoms with Gasteiger partial charge in [0, 0.05) is 22.0 Å². The van der Waals surface area contributed by atoms with Crippen LogP contribution in [0.5, 0.6) is 0 Å². The molecule has 0 spiro atoms. The van der Waals surface area contributed by atoms with Gasteiger partial charge in [0.2, 0.25) is 5.91 Å². The van der Waals surface area contributed by atoms with Gasteiger partial charge in [-0.3, -0.25) is 4.79 Å². The van der Waals surface area contributed by atoms with Gasteiger partial charge in [-0.05, 0) is 41.8 Å². The first-order valence-corrected chi connectivity index (χ1v) is 7.31. The van der Waals surface area contributed by atoms with Gasteiger partial charge in [-0.1, -0.05) is 28.1 Å². The molecule has 0 radical (unpaired) electrons. The number of halogens is 1. The molecule has 0 unspecified atom stereocenters. The van der Waals surface area contributed by atoms with Crippen molar-refractivity contribution in [3.63, 3.8) is 0 Å². The van der Waals surface area contributed by atoms with E-state index in [0.29, 0.717) is 5.69 Å². The lowest BCUT2D eigenvalue weighted by molar-refractivity contribution is -0.116. The number of rotatable bonds is 3. The fourth-order valence-electron chi connectivity index (χ4n) is 2.26. The highest BCUT2D eigenvalue weighted by Gasteiger charge is 2.07. The number of aromatic nitrogens is 1. The van der Waals surface area contributed by atoms with Gasteiger partial charge in [-0.15, -0.1) is 0 Å². The van der Waals surface area contributed by atoms with Crippen LogP contribution >= 0.6 is 15.9 Å². The molecule has 0 saturated heterocycles. The molecule has 5 heteroatoms. The molecule has 21 heavy (non-hydrogen) atoms. The van der Waals surface area contributed by atoms with Crippen molar-refractivity contribution in [3.05, 3.63) is 59.2 Å². The molecule has 3 N–H and O–H groups in total. The first-order valence-electron chi connectivity index (χ1n) is 6.51. The summed E-state index contributed by atoms with van der Waals surface area (Å²) in [4.78, 5) is 12.1. The minimum atomic E-state index is -0.0759. The number of nitrogen functional groups attached to an aromatic ring is 1. The van der Waals surface area contributed by atoms with Crippen LogP contribution in [0.2, 0.25) is 0 Å². The summed E-state index contributed by atoms with van der Waals surface area (Å²) in [6.45, 7) is 0.249. The van der Waals surface area contributed by atoms with Gasteiger partial charge >= 0.3 is 0 Å². The van der Waals surface area contributed by atoms with Crippen molar-refractivity contribution in [1.29, 1.82) is 0 Å². The van der Waals surface area contributed by atoms with Crippen molar-refractivity contribution < 1.29 is 4.79 Å². The van der Waals surface area contributed by atoms with E-state index in [1.54, 1.807) is 0 Å². The molecule has 3 aromatic rings. The SMILES string of the molecule is Nc1ccc2ccn(CC(=O)Nc3cccc(Br)c3)c2c1. The lowest BCUT2D eigenvalue weighted by Gasteiger charge is -2.08. The van der Waals surface area contributed by atoms with Gasteiger partial charge in [0.05, 0.1) is 5.52 Å². The number of benzene rings is 2. The lowest BCUT2D eigenvalue weighted by atomic mass is 10.2. The quantitative estimate of drug-likeness (QED) is 0.713. The summed E-state index contributed by atoms with van der Waals surface area (Å²) in [6.07, 6.45) is 1.89. The van der Waals surface area contributed by atoms with E-state index in [1.165, 1.54) is 0 Å². The topological polar surface area (TPSA) is 60.0 Å². The van der Waals surface area contributed by atoms with E-state index in [0.717, 1.165) is 21.1 Å². The van der Waals surface area contributed by atoms with Gasteiger partial charge < -0.3 is 15.6 Å². The summed E-state index contributed by atoms with van der Waals surface area (Å²) in [5.41, 5.74) is 8.22. The number of hydrogen-bond donors (Lipinski definition) is 2. The molecule has 0 aliphatic carbocycles. The molecule has 0 bridgehead atoms. The fourth-order valence-corrected chi connectivity index (χ4v) is 2.66. The third kappa shape index (κ3) is 3.08. The second kappa shape index (κ2) is 5.61. The van der Waals surface area contributed by atoms with Crippen LogP contribution in [-0.2, 0) is 11.3 Å². The van der Waals surface area contributed by atoms with Gasteiger partial charge in [0.15, 0.2) is 0 Å². The molecule has 4 nitrogen and oxygen atoms in total. The minimum absolute atomic E-state index is 0.0759. The standard InChI is InChI=1S/C16H14BrN3O/c17-12-2-1-3-14(8-12)19-16(21)10-20-7-6-11-4-5-13(18)9-15(11)20/h1-9H,10,18H2,(H,19,21). The molecule has 0 atom stereocenters. The molecule has 3 rings (SSSR count). The Morgan fingerprint density at radius 3 is 2.86 bits per heavy atom. The normalized spacial score (nSPS) is 10.7. The Morgan fingerprint density at radius 1 is 1.19 bits per heavy atom. The monoisotopic (exact) mass is 343 g/mol. The summed E-state index contributed by atoms with van der Waals surface area (Å²) < 4.78 is 2.82. The van der Waals surface area contributed by atoms with E-state index >= 15 is 0 Å². The Hall–Kier alpha value is -2.27. The molecule has 0 saturated carbocycles. The third-order valence-electron chi connectivity index (χ3n) is 3.22. The number of carbonyl (C=O) groups is 1. The molecule has 2 aromatic carbocycles. The van der Waals surface area contributed by atoms with E-state index < -0.39 is 0 Å². The molecule has 1 heterocycles. The number of nitrogens with two attached hydrogens (primary N) is 1. The van der Waals surface area contributed by atoms with Crippen LogP contribution in [0.15, 0.2) is 59.2 Å². The van der Waals surface area contributed by atoms with Crippen LogP contribution < -0.4 is 11.1 Å². The van der Waals surface area contributed by atoms with Crippen molar-refractivity contribution in [2.75, 3.05) is 11.1 Å². The average molecular weight is 344 g/mol. The van der Waals surface area contributed by atoms with Crippen LogP contribution in [0.25, 0.3) is 10.9 Å². The molecule has 1 aromatic heterocycles. The number of carbonyl (C=O) groups excluding carboxylic acids is 1. The van der Waals surface area contributed by atoms with Crippen molar-refractivity contribution in [3.8, 4) is 0 Å². The second-order valence-corrected chi connectivity index (χ2v) is 5.74. The average Bonchev–Trinajstić information content (AvgIpc) is 2.81. The van der Waals surface area contributed by atoms with E-state index in [2.05, 4.69) is 21.2 Å². The van der Waals surface area contributed by atoms with E-state index in [1.807, 2.05) is 59.3 Å². The first kappa shape index (κ1) is 13.7. The molecule has 0 aliphatic rings. The molecular formula is C16H14BrN3O. The maximum Gasteiger partial charge on any atom is 0.244 e. The predicted molar refractivity (Wildman–Crippen MR) is 89.1 cm³/mol. The van der Waals surface area contributed by atoms with E-state index in [9.17, 15) is 4.79 Å². The summed E-state index contributed by atoms with van der Waals surface area (Å²) in [6, 6.07) is 15.2. The summed E-state index contributed by atoms with van der Waals surface area (Å²) in [5.74, 6) is -0.0759. The fraction of sp³-hybridized carbons (Fsp3) is 0.0625. The number of nitrogens with zero attached hydrogens (tertiary/aromatic N) is 1. The zero-order valence-electron chi connectivity index (χ0n) is 11.2. The third-order valence-corrected chi connectivity index (χ3v) is 3.71. The molecule has 0 aliphatic heterocycles. The van der Waals surface area contributed by atoms with Crippen molar-refractivity contribution in [2.24, 2.45) is 0 Å². The van der Waals surface area contributed by atoms with Crippen molar-refractivity contribution in [1.82, 2.24) is 4.57 Å². The number of fused-ring (bicyclic) bond motifs is 1. The Labute approximate surface area is 130 Å². The molecule has 106 valence electrons. The van der Waals surface area contributed by atoms with E-state index in [-0.39, 0.29) is 12.5 Å². The number of hydrogen-bond acceptors (Lipinski definition) is 2. The Bertz CT molecular complexity index is 810. The summed E-state index contributed by atoms with van der Waals surface area (Å²) >= 11 is 3.38. The Morgan fingerprint density at radius 2 is 2.05 bits per heavy atom. The molecule has 1 amide bonds. The highest BCUT2D eigenvalue weighted by molar-refractivity contribution is 9.10. The highest BCUT2D eigenvalue weighted by atomic mass is 79.9. The summed E-state index contributed by atoms with van der Waals surface area (Å²) in [7, 11) is 0. The van der Waals surface area contributed by atoms with Gasteiger partial charge in [0.1, 0.15) is 6.54 Å². The maximum absolute atomic E-state index is 12.1. The van der Waals surface area contributed by atoms with Crippen LogP contribution in [0, 0.1) is 0 Å². The number of nitrogens with one attached hydrogen (secondary N) is 1. The first-order chi connectivity index (χ1) is 10.1. The smallest absolute Gasteiger partial charge is 0.244 e. The Balaban J connectivity index is 1.79. The largest absolute Gasteiger partial charge is 0.399 e. The highest BCUT2D eigenvalue weighted by Crippen LogP contribution is 2.19. The predicted octanol–water partition coefficient (Wildman–Crippen LogP) is 3.62. The summed E-state index contributed by atoms with van der Waals surface area (Å²) in [5, 5.41) is 3.95. The zero-order chi connectivity index (χ0) is 14.8. The zero-order valence-corrected chi connectivity index (χ0v) is 12.8. The van der Waals surface area contributed by atoms with Crippen LogP contribution in [0.4, 0.5) is 11.4 Å². The van der Waals surface area contributed by atoms with Crippen LogP contribution in [-0.4, -0.2) is 10.5 Å². The number of anilines is 2. The van der Waals surface area contributed by atoms with Crippen LogP contribution in [0.1, 0.15) is 0 Å². The van der Waals surface area contributed by atoms with Gasteiger partial charge in [-0.25, -0.2) is 0 Å². The number of amides is 1. The van der Waals surface area contributed by atoms with Crippen LogP contribution in [0.3, 0.4) is 0 Å². The second-order valence-electron chi connectivity index (χ2n) is 4.82. The molecular weight excluding hydrogens is 330 g/mol. The lowest BCUT2D eigenvalue weighted by Crippen LogP contribution is -2.18. The van der Waals surface area contributed by atoms with Crippen molar-refractivity contribution in [2.45, 2.75) is 6.54 Å².